The van der Waals surface area contributed by atoms with E-state index in [1.165, 1.54) is 6.21 Å². The molecule has 0 radical (unpaired) electrons. The Balaban J connectivity index is 1.57. The molecule has 1 fully saturated rings. The SMILES string of the molecule is O=C(N/N=C/c1ccc(Cl)cc1Cl)c1ccc(NC(=O)C2CC2)cc1. The third-order valence-corrected chi connectivity index (χ3v) is 4.26. The predicted octanol–water partition coefficient (Wildman–Crippen LogP) is 4.11. The lowest BCUT2D eigenvalue weighted by Crippen LogP contribution is -2.18. The Kier molecular flexibility index (Phi) is 5.36. The average Bonchev–Trinajstić information content (AvgIpc) is 3.42. The molecule has 2 amide bonds. The number of nitrogens with zero attached hydrogens (tertiary/aromatic N) is 1. The van der Waals surface area contributed by atoms with Gasteiger partial charge in [0.25, 0.3) is 5.91 Å². The van der Waals surface area contributed by atoms with Crippen LogP contribution in [-0.4, -0.2) is 18.0 Å². The van der Waals surface area contributed by atoms with Gasteiger partial charge in [0.1, 0.15) is 0 Å². The fourth-order valence-corrected chi connectivity index (χ4v) is 2.58. The van der Waals surface area contributed by atoms with Crippen molar-refractivity contribution >= 4 is 46.9 Å². The monoisotopic (exact) mass is 375 g/mol. The highest BCUT2D eigenvalue weighted by Crippen LogP contribution is 2.30. The molecule has 2 aromatic rings. The number of halogens is 2. The summed E-state index contributed by atoms with van der Waals surface area (Å²) in [6.45, 7) is 0. The summed E-state index contributed by atoms with van der Waals surface area (Å²) in [6, 6.07) is 11.6. The van der Waals surface area contributed by atoms with Crippen LogP contribution in [0.15, 0.2) is 47.6 Å². The minimum absolute atomic E-state index is 0.0293. The number of hydrogen-bond acceptors (Lipinski definition) is 3. The molecule has 0 unspecified atom stereocenters. The highest BCUT2D eigenvalue weighted by molar-refractivity contribution is 6.36. The number of rotatable bonds is 5. The van der Waals surface area contributed by atoms with Crippen molar-refractivity contribution in [2.45, 2.75) is 12.8 Å². The van der Waals surface area contributed by atoms with E-state index in [2.05, 4.69) is 15.8 Å². The Morgan fingerprint density at radius 1 is 1.08 bits per heavy atom. The molecule has 7 heteroatoms. The number of carbonyl (C=O) groups is 2. The van der Waals surface area contributed by atoms with Crippen molar-refractivity contribution < 1.29 is 9.59 Å². The molecular formula is C18H15Cl2N3O2. The topological polar surface area (TPSA) is 70.6 Å². The van der Waals surface area contributed by atoms with Crippen molar-refractivity contribution in [2.75, 3.05) is 5.32 Å². The molecular weight excluding hydrogens is 361 g/mol. The lowest BCUT2D eigenvalue weighted by Gasteiger charge is -2.05. The Hall–Kier alpha value is -2.37. The molecule has 2 aromatic carbocycles. The summed E-state index contributed by atoms with van der Waals surface area (Å²) in [5.41, 5.74) is 4.18. The van der Waals surface area contributed by atoms with E-state index in [0.717, 1.165) is 12.8 Å². The van der Waals surface area contributed by atoms with Gasteiger partial charge in [-0.15, -0.1) is 0 Å². The molecule has 5 nitrogen and oxygen atoms in total. The lowest BCUT2D eigenvalue weighted by atomic mass is 10.2. The van der Waals surface area contributed by atoms with E-state index >= 15 is 0 Å². The van der Waals surface area contributed by atoms with Crippen LogP contribution < -0.4 is 10.7 Å². The molecule has 0 bridgehead atoms. The van der Waals surface area contributed by atoms with Gasteiger partial charge in [-0.3, -0.25) is 9.59 Å². The maximum atomic E-state index is 12.1. The molecule has 0 atom stereocenters. The highest BCUT2D eigenvalue weighted by Gasteiger charge is 2.29. The second-order valence-electron chi connectivity index (χ2n) is 5.71. The number of carbonyl (C=O) groups excluding carboxylic acids is 2. The van der Waals surface area contributed by atoms with Crippen molar-refractivity contribution in [3.05, 3.63) is 63.6 Å². The summed E-state index contributed by atoms with van der Waals surface area (Å²) in [5, 5.41) is 7.68. The van der Waals surface area contributed by atoms with Crippen molar-refractivity contribution in [1.82, 2.24) is 5.43 Å². The Labute approximate surface area is 155 Å². The second-order valence-corrected chi connectivity index (χ2v) is 6.55. The van der Waals surface area contributed by atoms with Crippen LogP contribution in [0.5, 0.6) is 0 Å². The van der Waals surface area contributed by atoms with E-state index in [9.17, 15) is 9.59 Å². The summed E-state index contributed by atoms with van der Waals surface area (Å²) in [4.78, 5) is 23.7. The van der Waals surface area contributed by atoms with Gasteiger partial charge in [-0.25, -0.2) is 5.43 Å². The van der Waals surface area contributed by atoms with Gasteiger partial charge in [0.05, 0.1) is 11.2 Å². The number of hydrogen-bond donors (Lipinski definition) is 2. The number of anilines is 1. The molecule has 25 heavy (non-hydrogen) atoms. The minimum Gasteiger partial charge on any atom is -0.326 e. The second kappa shape index (κ2) is 7.68. The number of hydrazone groups is 1. The number of amides is 2. The van der Waals surface area contributed by atoms with E-state index in [1.807, 2.05) is 0 Å². The molecule has 1 saturated carbocycles. The van der Waals surface area contributed by atoms with Crippen molar-refractivity contribution in [2.24, 2.45) is 11.0 Å². The normalized spacial score (nSPS) is 13.7. The fraction of sp³-hybridized carbons (Fsp3) is 0.167. The molecule has 0 aliphatic heterocycles. The Bertz CT molecular complexity index is 831. The maximum absolute atomic E-state index is 12.1. The first-order chi connectivity index (χ1) is 12.0. The molecule has 1 aliphatic carbocycles. The molecule has 3 rings (SSSR count). The summed E-state index contributed by atoms with van der Waals surface area (Å²) < 4.78 is 0. The third kappa shape index (κ3) is 4.81. The largest absolute Gasteiger partial charge is 0.326 e. The zero-order valence-corrected chi connectivity index (χ0v) is 14.6. The van der Waals surface area contributed by atoms with Crippen LogP contribution in [-0.2, 0) is 4.79 Å². The van der Waals surface area contributed by atoms with Crippen LogP contribution in [0.25, 0.3) is 0 Å². The third-order valence-electron chi connectivity index (χ3n) is 3.69. The van der Waals surface area contributed by atoms with Crippen LogP contribution in [0.1, 0.15) is 28.8 Å². The minimum atomic E-state index is -0.360. The summed E-state index contributed by atoms with van der Waals surface area (Å²) in [7, 11) is 0. The van der Waals surface area contributed by atoms with Crippen LogP contribution >= 0.6 is 23.2 Å². The van der Waals surface area contributed by atoms with Crippen molar-refractivity contribution in [3.63, 3.8) is 0 Å². The first-order valence-corrected chi connectivity index (χ1v) is 8.48. The Morgan fingerprint density at radius 2 is 1.80 bits per heavy atom. The van der Waals surface area contributed by atoms with Crippen molar-refractivity contribution in [1.29, 1.82) is 0 Å². The number of benzene rings is 2. The van der Waals surface area contributed by atoms with Crippen LogP contribution in [0, 0.1) is 5.92 Å². The molecule has 0 spiro atoms. The summed E-state index contributed by atoms with van der Waals surface area (Å²) in [5.74, 6) is -0.194. The fourth-order valence-electron chi connectivity index (χ4n) is 2.13. The van der Waals surface area contributed by atoms with Gasteiger partial charge >= 0.3 is 0 Å². The van der Waals surface area contributed by atoms with E-state index in [-0.39, 0.29) is 17.7 Å². The standard InChI is InChI=1S/C18H15Cl2N3O2/c19-14-6-3-13(16(20)9-14)10-21-23-18(25)12-4-7-15(8-5-12)22-17(24)11-1-2-11/h3-11H,1-2H2,(H,22,24)(H,23,25)/b21-10+. The molecule has 2 N–H and O–H groups in total. The molecule has 128 valence electrons. The van der Waals surface area contributed by atoms with Crippen LogP contribution in [0.3, 0.4) is 0 Å². The van der Waals surface area contributed by atoms with Gasteiger partial charge in [0.15, 0.2) is 0 Å². The van der Waals surface area contributed by atoms with Gasteiger partial charge in [0, 0.05) is 27.8 Å². The average molecular weight is 376 g/mol. The molecule has 0 heterocycles. The van der Waals surface area contributed by atoms with Gasteiger partial charge in [0.2, 0.25) is 5.91 Å². The summed E-state index contributed by atoms with van der Waals surface area (Å²) in [6.07, 6.45) is 3.34. The number of nitrogens with one attached hydrogen (secondary N) is 2. The van der Waals surface area contributed by atoms with E-state index in [0.29, 0.717) is 26.9 Å². The predicted molar refractivity (Wildman–Crippen MR) is 99.3 cm³/mol. The Morgan fingerprint density at radius 3 is 2.44 bits per heavy atom. The van der Waals surface area contributed by atoms with Gasteiger partial charge in [-0.2, -0.15) is 5.10 Å². The maximum Gasteiger partial charge on any atom is 0.271 e. The lowest BCUT2D eigenvalue weighted by molar-refractivity contribution is -0.117. The van der Waals surface area contributed by atoms with Crippen LogP contribution in [0.4, 0.5) is 5.69 Å². The van der Waals surface area contributed by atoms with E-state index in [4.69, 9.17) is 23.2 Å². The zero-order chi connectivity index (χ0) is 17.8. The first-order valence-electron chi connectivity index (χ1n) is 7.72. The van der Waals surface area contributed by atoms with Crippen molar-refractivity contribution in [3.8, 4) is 0 Å². The molecule has 0 saturated heterocycles. The molecule has 1 aliphatic rings. The van der Waals surface area contributed by atoms with Gasteiger partial charge in [-0.05, 0) is 49.2 Å². The van der Waals surface area contributed by atoms with E-state index in [1.54, 1.807) is 42.5 Å². The quantitative estimate of drug-likeness (QED) is 0.609. The molecule has 0 aromatic heterocycles. The first kappa shape index (κ1) is 17.5. The smallest absolute Gasteiger partial charge is 0.271 e. The zero-order valence-electron chi connectivity index (χ0n) is 13.1. The summed E-state index contributed by atoms with van der Waals surface area (Å²) >= 11 is 11.8. The van der Waals surface area contributed by atoms with E-state index < -0.39 is 0 Å². The van der Waals surface area contributed by atoms with Crippen LogP contribution in [0.2, 0.25) is 10.0 Å². The van der Waals surface area contributed by atoms with Gasteiger partial charge in [-0.1, -0.05) is 29.3 Å². The highest BCUT2D eigenvalue weighted by atomic mass is 35.5. The van der Waals surface area contributed by atoms with Gasteiger partial charge < -0.3 is 5.32 Å².